The lowest BCUT2D eigenvalue weighted by Crippen LogP contribution is -2.42. The number of carbonyl (C=O) groups is 1. The fraction of sp³-hybridized carbons (Fsp3) is 0.615. The van der Waals surface area contributed by atoms with E-state index in [0.717, 1.165) is 19.5 Å². The van der Waals surface area contributed by atoms with Crippen molar-refractivity contribution in [1.82, 2.24) is 14.9 Å². The van der Waals surface area contributed by atoms with E-state index in [1.807, 2.05) is 11.8 Å². The third-order valence-electron chi connectivity index (χ3n) is 3.14. The Morgan fingerprint density at radius 1 is 1.50 bits per heavy atom. The van der Waals surface area contributed by atoms with Gasteiger partial charge in [0.15, 0.2) is 5.16 Å². The van der Waals surface area contributed by atoms with Crippen molar-refractivity contribution in [2.24, 2.45) is 5.92 Å². The first-order valence-corrected chi connectivity index (χ1v) is 7.27. The van der Waals surface area contributed by atoms with Crippen LogP contribution in [0.1, 0.15) is 26.7 Å². The minimum absolute atomic E-state index is 0.113. The minimum atomic E-state index is -0.113. The molecule has 0 radical (unpaired) electrons. The zero-order valence-electron chi connectivity index (χ0n) is 10.9. The van der Waals surface area contributed by atoms with E-state index in [2.05, 4.69) is 16.9 Å². The third-order valence-corrected chi connectivity index (χ3v) is 4.12. The zero-order chi connectivity index (χ0) is 13.0. The second kappa shape index (κ2) is 6.18. The maximum atomic E-state index is 12.3. The van der Waals surface area contributed by atoms with Crippen molar-refractivity contribution in [1.29, 1.82) is 0 Å². The number of amides is 1. The summed E-state index contributed by atoms with van der Waals surface area (Å²) in [5.41, 5.74) is 0. The van der Waals surface area contributed by atoms with Gasteiger partial charge in [0.25, 0.3) is 0 Å². The van der Waals surface area contributed by atoms with Gasteiger partial charge in [-0.3, -0.25) is 4.79 Å². The summed E-state index contributed by atoms with van der Waals surface area (Å²) >= 11 is 1.43. The highest BCUT2D eigenvalue weighted by Gasteiger charge is 2.25. The lowest BCUT2D eigenvalue weighted by atomic mass is 10.0. The summed E-state index contributed by atoms with van der Waals surface area (Å²) in [5.74, 6) is 0.826. The zero-order valence-corrected chi connectivity index (χ0v) is 11.7. The van der Waals surface area contributed by atoms with Gasteiger partial charge < -0.3 is 4.90 Å². The molecule has 1 aromatic heterocycles. The van der Waals surface area contributed by atoms with E-state index in [4.69, 9.17) is 0 Å². The Balaban J connectivity index is 1.92. The van der Waals surface area contributed by atoms with Crippen LogP contribution in [0.5, 0.6) is 0 Å². The molecule has 0 N–H and O–H groups in total. The number of rotatable bonds is 3. The van der Waals surface area contributed by atoms with Crippen LogP contribution in [0.15, 0.2) is 23.6 Å². The quantitative estimate of drug-likeness (QED) is 0.621. The second-order valence-electron chi connectivity index (χ2n) is 4.82. The Kier molecular flexibility index (Phi) is 4.58. The van der Waals surface area contributed by atoms with Gasteiger partial charge in [0, 0.05) is 25.5 Å². The monoisotopic (exact) mass is 265 g/mol. The number of carbonyl (C=O) groups excluding carboxylic acids is 1. The van der Waals surface area contributed by atoms with Crippen molar-refractivity contribution >= 4 is 17.7 Å². The highest BCUT2D eigenvalue weighted by molar-refractivity contribution is 8.00. The van der Waals surface area contributed by atoms with Crippen LogP contribution in [0.25, 0.3) is 0 Å². The van der Waals surface area contributed by atoms with Gasteiger partial charge in [0.05, 0.1) is 5.25 Å². The molecule has 18 heavy (non-hydrogen) atoms. The fourth-order valence-electron chi connectivity index (χ4n) is 2.20. The van der Waals surface area contributed by atoms with Gasteiger partial charge in [0.1, 0.15) is 0 Å². The number of hydrogen-bond donors (Lipinski definition) is 0. The van der Waals surface area contributed by atoms with Crippen molar-refractivity contribution in [2.75, 3.05) is 13.1 Å². The predicted molar refractivity (Wildman–Crippen MR) is 72.3 cm³/mol. The summed E-state index contributed by atoms with van der Waals surface area (Å²) in [6.07, 6.45) is 5.75. The van der Waals surface area contributed by atoms with Crippen molar-refractivity contribution in [2.45, 2.75) is 37.1 Å². The molecule has 0 unspecified atom stereocenters. The maximum absolute atomic E-state index is 12.3. The molecule has 1 aliphatic heterocycles. The SMILES string of the molecule is C[C@@H]1CCCN(C(=O)[C@@H](C)Sc2ncccn2)C1. The lowest BCUT2D eigenvalue weighted by Gasteiger charge is -2.32. The van der Waals surface area contributed by atoms with Gasteiger partial charge in [-0.2, -0.15) is 0 Å². The summed E-state index contributed by atoms with van der Waals surface area (Å²) in [5, 5.41) is 0.557. The number of aromatic nitrogens is 2. The molecule has 2 atom stereocenters. The number of likely N-dealkylation sites (tertiary alicyclic amines) is 1. The molecule has 2 rings (SSSR count). The van der Waals surface area contributed by atoms with Crippen molar-refractivity contribution in [3.05, 3.63) is 18.5 Å². The molecule has 0 bridgehead atoms. The van der Waals surface area contributed by atoms with Crippen molar-refractivity contribution in [3.8, 4) is 0 Å². The van der Waals surface area contributed by atoms with Gasteiger partial charge in [-0.25, -0.2) is 9.97 Å². The van der Waals surface area contributed by atoms with Gasteiger partial charge in [0.2, 0.25) is 5.91 Å². The summed E-state index contributed by atoms with van der Waals surface area (Å²) in [7, 11) is 0. The number of nitrogens with zero attached hydrogens (tertiary/aromatic N) is 3. The van der Waals surface area contributed by atoms with Gasteiger partial charge >= 0.3 is 0 Å². The summed E-state index contributed by atoms with van der Waals surface area (Å²) in [4.78, 5) is 22.6. The van der Waals surface area contributed by atoms with E-state index >= 15 is 0 Å². The fourth-order valence-corrected chi connectivity index (χ4v) is 3.01. The molecule has 1 saturated heterocycles. The average Bonchev–Trinajstić information content (AvgIpc) is 2.39. The number of thioether (sulfide) groups is 1. The van der Waals surface area contributed by atoms with Gasteiger partial charge in [-0.1, -0.05) is 18.7 Å². The van der Waals surface area contributed by atoms with Crippen molar-refractivity contribution < 1.29 is 4.79 Å². The number of hydrogen-bond acceptors (Lipinski definition) is 4. The summed E-state index contributed by atoms with van der Waals surface area (Å²) in [6, 6.07) is 1.78. The molecule has 98 valence electrons. The molecular weight excluding hydrogens is 246 g/mol. The van der Waals surface area contributed by atoms with Crippen LogP contribution in [0.4, 0.5) is 0 Å². The first-order valence-electron chi connectivity index (χ1n) is 6.39. The largest absolute Gasteiger partial charge is 0.341 e. The first-order chi connectivity index (χ1) is 8.66. The smallest absolute Gasteiger partial charge is 0.235 e. The van der Waals surface area contributed by atoms with Crippen LogP contribution in [0.3, 0.4) is 0 Å². The highest BCUT2D eigenvalue weighted by atomic mass is 32.2. The van der Waals surface area contributed by atoms with E-state index < -0.39 is 0 Å². The van der Waals surface area contributed by atoms with Crippen LogP contribution < -0.4 is 0 Å². The Morgan fingerprint density at radius 2 is 2.22 bits per heavy atom. The normalized spacial score (nSPS) is 21.7. The van der Waals surface area contributed by atoms with Gasteiger partial charge in [-0.15, -0.1) is 0 Å². The second-order valence-corrected chi connectivity index (χ2v) is 6.13. The maximum Gasteiger partial charge on any atom is 0.235 e. The topological polar surface area (TPSA) is 46.1 Å². The molecule has 0 aromatic carbocycles. The lowest BCUT2D eigenvalue weighted by molar-refractivity contribution is -0.131. The Hall–Kier alpha value is -1.10. The molecule has 1 fully saturated rings. The van der Waals surface area contributed by atoms with Crippen LogP contribution >= 0.6 is 11.8 Å². The van der Waals surface area contributed by atoms with Crippen LogP contribution in [0.2, 0.25) is 0 Å². The van der Waals surface area contributed by atoms with Crippen LogP contribution in [0, 0.1) is 5.92 Å². The average molecular weight is 265 g/mol. The molecule has 2 heterocycles. The third kappa shape index (κ3) is 3.45. The molecule has 5 heteroatoms. The van der Waals surface area contributed by atoms with Crippen molar-refractivity contribution in [3.63, 3.8) is 0 Å². The standard InChI is InChI=1S/C13H19N3OS/c1-10-5-3-8-16(9-10)12(17)11(2)18-13-14-6-4-7-15-13/h4,6-7,10-11H,3,5,8-9H2,1-2H3/t10-,11-/m1/s1. The molecule has 0 spiro atoms. The van der Waals surface area contributed by atoms with E-state index in [9.17, 15) is 4.79 Å². The minimum Gasteiger partial charge on any atom is -0.341 e. The summed E-state index contributed by atoms with van der Waals surface area (Å²) in [6.45, 7) is 5.92. The molecule has 0 saturated carbocycles. The van der Waals surface area contributed by atoms with Crippen LogP contribution in [-0.2, 0) is 4.79 Å². The summed E-state index contributed by atoms with van der Waals surface area (Å²) < 4.78 is 0. The molecular formula is C13H19N3OS. The Morgan fingerprint density at radius 3 is 2.89 bits per heavy atom. The first kappa shape index (κ1) is 13.3. The molecule has 4 nitrogen and oxygen atoms in total. The van der Waals surface area contributed by atoms with Crippen LogP contribution in [-0.4, -0.2) is 39.1 Å². The van der Waals surface area contributed by atoms with E-state index in [1.54, 1.807) is 18.5 Å². The van der Waals surface area contributed by atoms with E-state index in [1.165, 1.54) is 18.2 Å². The molecule has 1 amide bonds. The van der Waals surface area contributed by atoms with E-state index in [0.29, 0.717) is 11.1 Å². The van der Waals surface area contributed by atoms with E-state index in [-0.39, 0.29) is 11.2 Å². The Bertz CT molecular complexity index is 398. The number of piperidine rings is 1. The highest BCUT2D eigenvalue weighted by Crippen LogP contribution is 2.23. The Labute approximate surface area is 112 Å². The molecule has 1 aliphatic rings. The van der Waals surface area contributed by atoms with Gasteiger partial charge in [-0.05, 0) is 31.7 Å². The molecule has 0 aliphatic carbocycles. The molecule has 1 aromatic rings. The predicted octanol–water partition coefficient (Wildman–Crippen LogP) is 2.22.